The molecule has 21 heavy (non-hydrogen) atoms. The van der Waals surface area contributed by atoms with Crippen LogP contribution in [0.2, 0.25) is 0 Å². The molecule has 0 aliphatic carbocycles. The van der Waals surface area contributed by atoms with Crippen LogP contribution in [0.25, 0.3) is 0 Å². The van der Waals surface area contributed by atoms with Gasteiger partial charge >= 0.3 is 0 Å². The fraction of sp³-hybridized carbons (Fsp3) is 0.188. The second kappa shape index (κ2) is 6.26. The number of nitrogens with one attached hydrogen (secondary N) is 2. The zero-order valence-corrected chi connectivity index (χ0v) is 12.0. The van der Waals surface area contributed by atoms with Crippen molar-refractivity contribution in [2.45, 2.75) is 13.8 Å². The third-order valence-corrected chi connectivity index (χ3v) is 3.05. The fourth-order valence-electron chi connectivity index (χ4n) is 1.95. The van der Waals surface area contributed by atoms with E-state index >= 15 is 0 Å². The molecule has 2 aromatic rings. The number of amides is 1. The van der Waals surface area contributed by atoms with Crippen molar-refractivity contribution in [1.82, 2.24) is 5.32 Å². The number of aryl methyl sites for hydroxylation is 1. The lowest BCUT2D eigenvalue weighted by Gasteiger charge is -2.12. The van der Waals surface area contributed by atoms with Crippen LogP contribution in [-0.4, -0.2) is 12.5 Å². The molecule has 0 spiro atoms. The molecule has 0 unspecified atom stereocenters. The SMILES string of the molecule is CCNC(=O)c1ccc(Nc2ccc(C)cc2F)c(N)c1. The van der Waals surface area contributed by atoms with Gasteiger partial charge in [0, 0.05) is 12.1 Å². The molecular formula is C16H18FN3O. The number of nitrogen functional groups attached to an aromatic ring is 1. The third-order valence-electron chi connectivity index (χ3n) is 3.05. The van der Waals surface area contributed by atoms with E-state index in [0.29, 0.717) is 29.2 Å². The summed E-state index contributed by atoms with van der Waals surface area (Å²) < 4.78 is 13.8. The molecule has 0 aliphatic rings. The van der Waals surface area contributed by atoms with Crippen molar-refractivity contribution in [2.24, 2.45) is 0 Å². The molecule has 1 amide bonds. The van der Waals surface area contributed by atoms with Gasteiger partial charge in [-0.2, -0.15) is 0 Å². The summed E-state index contributed by atoms with van der Waals surface area (Å²) in [6.45, 7) is 4.22. The van der Waals surface area contributed by atoms with Crippen LogP contribution in [-0.2, 0) is 0 Å². The highest BCUT2D eigenvalue weighted by Crippen LogP contribution is 2.26. The molecule has 110 valence electrons. The van der Waals surface area contributed by atoms with Crippen molar-refractivity contribution in [2.75, 3.05) is 17.6 Å². The van der Waals surface area contributed by atoms with Gasteiger partial charge in [-0.05, 0) is 49.7 Å². The Kier molecular flexibility index (Phi) is 4.42. The van der Waals surface area contributed by atoms with Crippen molar-refractivity contribution in [3.8, 4) is 0 Å². The van der Waals surface area contributed by atoms with Crippen molar-refractivity contribution >= 4 is 23.0 Å². The Bertz CT molecular complexity index is 671. The number of carbonyl (C=O) groups excluding carboxylic acids is 1. The first-order valence-corrected chi connectivity index (χ1v) is 6.72. The largest absolute Gasteiger partial charge is 0.397 e. The topological polar surface area (TPSA) is 67.2 Å². The van der Waals surface area contributed by atoms with E-state index in [9.17, 15) is 9.18 Å². The van der Waals surface area contributed by atoms with E-state index in [-0.39, 0.29) is 11.7 Å². The van der Waals surface area contributed by atoms with Gasteiger partial charge < -0.3 is 16.4 Å². The molecular weight excluding hydrogens is 269 g/mol. The summed E-state index contributed by atoms with van der Waals surface area (Å²) in [5.41, 5.74) is 8.53. The maximum atomic E-state index is 13.8. The molecule has 0 bridgehead atoms. The summed E-state index contributed by atoms with van der Waals surface area (Å²) >= 11 is 0. The van der Waals surface area contributed by atoms with Crippen molar-refractivity contribution in [3.63, 3.8) is 0 Å². The number of rotatable bonds is 4. The van der Waals surface area contributed by atoms with E-state index in [1.807, 2.05) is 19.9 Å². The first kappa shape index (κ1) is 14.8. The number of benzene rings is 2. The van der Waals surface area contributed by atoms with Crippen LogP contribution in [0, 0.1) is 12.7 Å². The molecule has 0 aromatic heterocycles. The Balaban J connectivity index is 2.23. The summed E-state index contributed by atoms with van der Waals surface area (Å²) in [7, 11) is 0. The number of carbonyl (C=O) groups is 1. The van der Waals surface area contributed by atoms with E-state index in [2.05, 4.69) is 10.6 Å². The quantitative estimate of drug-likeness (QED) is 0.756. The van der Waals surface area contributed by atoms with Gasteiger partial charge in [-0.1, -0.05) is 6.07 Å². The van der Waals surface area contributed by atoms with E-state index in [1.165, 1.54) is 6.07 Å². The Morgan fingerprint density at radius 3 is 2.52 bits per heavy atom. The highest BCUT2D eigenvalue weighted by molar-refractivity contribution is 5.96. The molecule has 2 rings (SSSR count). The van der Waals surface area contributed by atoms with Crippen LogP contribution in [0.4, 0.5) is 21.5 Å². The van der Waals surface area contributed by atoms with Gasteiger partial charge in [-0.15, -0.1) is 0 Å². The fourth-order valence-corrected chi connectivity index (χ4v) is 1.95. The zero-order valence-electron chi connectivity index (χ0n) is 12.0. The van der Waals surface area contributed by atoms with Crippen molar-refractivity contribution < 1.29 is 9.18 Å². The van der Waals surface area contributed by atoms with Crippen LogP contribution < -0.4 is 16.4 Å². The van der Waals surface area contributed by atoms with E-state index < -0.39 is 0 Å². The average molecular weight is 287 g/mol. The second-order valence-corrected chi connectivity index (χ2v) is 4.77. The van der Waals surface area contributed by atoms with E-state index in [1.54, 1.807) is 24.3 Å². The Labute approximate surface area is 123 Å². The zero-order chi connectivity index (χ0) is 15.4. The number of hydrogen-bond acceptors (Lipinski definition) is 3. The minimum absolute atomic E-state index is 0.183. The summed E-state index contributed by atoms with van der Waals surface area (Å²) in [4.78, 5) is 11.7. The molecule has 5 heteroatoms. The lowest BCUT2D eigenvalue weighted by atomic mass is 10.1. The standard InChI is InChI=1S/C16H18FN3O/c1-3-19-16(21)11-5-7-15(13(18)9-11)20-14-6-4-10(2)8-12(14)17/h4-9,20H,3,18H2,1-2H3,(H,19,21). The summed E-state index contributed by atoms with van der Waals surface area (Å²) in [5.74, 6) is -0.528. The summed E-state index contributed by atoms with van der Waals surface area (Å²) in [6.07, 6.45) is 0. The second-order valence-electron chi connectivity index (χ2n) is 4.77. The van der Waals surface area contributed by atoms with Gasteiger partial charge in [-0.3, -0.25) is 4.79 Å². The molecule has 0 saturated carbocycles. The minimum Gasteiger partial charge on any atom is -0.397 e. The number of anilines is 3. The van der Waals surface area contributed by atoms with Gasteiger partial charge in [0.1, 0.15) is 5.82 Å². The van der Waals surface area contributed by atoms with Crippen LogP contribution in [0.5, 0.6) is 0 Å². The first-order valence-electron chi connectivity index (χ1n) is 6.72. The Morgan fingerprint density at radius 1 is 1.19 bits per heavy atom. The average Bonchev–Trinajstić information content (AvgIpc) is 2.44. The first-order chi connectivity index (χ1) is 10.0. The highest BCUT2D eigenvalue weighted by Gasteiger charge is 2.09. The van der Waals surface area contributed by atoms with Crippen LogP contribution in [0.3, 0.4) is 0 Å². The third kappa shape index (κ3) is 3.51. The lowest BCUT2D eigenvalue weighted by molar-refractivity contribution is 0.0956. The molecule has 0 saturated heterocycles. The molecule has 0 radical (unpaired) electrons. The van der Waals surface area contributed by atoms with Gasteiger partial charge in [0.15, 0.2) is 0 Å². The summed E-state index contributed by atoms with van der Waals surface area (Å²) in [6, 6.07) is 9.79. The van der Waals surface area contributed by atoms with Gasteiger partial charge in [0.25, 0.3) is 5.91 Å². The monoisotopic (exact) mass is 287 g/mol. The molecule has 0 fully saturated rings. The van der Waals surface area contributed by atoms with Crippen molar-refractivity contribution in [1.29, 1.82) is 0 Å². The lowest BCUT2D eigenvalue weighted by Crippen LogP contribution is -2.22. The number of halogens is 1. The minimum atomic E-state index is -0.345. The Hall–Kier alpha value is -2.56. The molecule has 2 aromatic carbocycles. The normalized spacial score (nSPS) is 10.2. The van der Waals surface area contributed by atoms with Gasteiger partial charge in [-0.25, -0.2) is 4.39 Å². The van der Waals surface area contributed by atoms with Gasteiger partial charge in [0.05, 0.1) is 17.1 Å². The molecule has 0 aliphatic heterocycles. The number of nitrogens with two attached hydrogens (primary N) is 1. The van der Waals surface area contributed by atoms with E-state index in [4.69, 9.17) is 5.73 Å². The highest BCUT2D eigenvalue weighted by atomic mass is 19.1. The van der Waals surface area contributed by atoms with Crippen LogP contribution in [0.1, 0.15) is 22.8 Å². The maximum Gasteiger partial charge on any atom is 0.251 e. The van der Waals surface area contributed by atoms with Gasteiger partial charge in [0.2, 0.25) is 0 Å². The molecule has 4 N–H and O–H groups in total. The Morgan fingerprint density at radius 2 is 1.90 bits per heavy atom. The maximum absolute atomic E-state index is 13.8. The number of hydrogen-bond donors (Lipinski definition) is 3. The smallest absolute Gasteiger partial charge is 0.251 e. The van der Waals surface area contributed by atoms with E-state index in [0.717, 1.165) is 5.56 Å². The van der Waals surface area contributed by atoms with Crippen molar-refractivity contribution in [3.05, 3.63) is 53.3 Å². The van der Waals surface area contributed by atoms with Crippen LogP contribution >= 0.6 is 0 Å². The molecule has 0 heterocycles. The molecule has 0 atom stereocenters. The predicted octanol–water partition coefficient (Wildman–Crippen LogP) is 3.21. The predicted molar refractivity (Wildman–Crippen MR) is 83.3 cm³/mol. The summed E-state index contributed by atoms with van der Waals surface area (Å²) in [5, 5.41) is 5.63. The molecule has 4 nitrogen and oxygen atoms in total. The van der Waals surface area contributed by atoms with Crippen LogP contribution in [0.15, 0.2) is 36.4 Å².